The van der Waals surface area contributed by atoms with E-state index in [9.17, 15) is 4.79 Å². The van der Waals surface area contributed by atoms with Crippen molar-refractivity contribution in [2.45, 2.75) is 26.2 Å². The number of nitrogens with zero attached hydrogens (tertiary/aromatic N) is 1. The van der Waals surface area contributed by atoms with E-state index in [1.165, 1.54) is 0 Å². The number of rotatable bonds is 4. The van der Waals surface area contributed by atoms with E-state index in [0.717, 1.165) is 37.2 Å². The Labute approximate surface area is 114 Å². The average molecular weight is 262 g/mol. The summed E-state index contributed by atoms with van der Waals surface area (Å²) in [5.41, 5.74) is 7.36. The molecule has 0 spiro atoms. The van der Waals surface area contributed by atoms with Gasteiger partial charge in [0.25, 0.3) is 0 Å². The standard InChI is InChI=1S/C15H22N2O2/c1-2-9-17(14-5-3-13(16)4-6-14)15(18)12-7-10-19-11-8-12/h3-6,12H,2,7-11,16H2,1H3. The summed E-state index contributed by atoms with van der Waals surface area (Å²) in [5.74, 6) is 0.313. The van der Waals surface area contributed by atoms with Crippen molar-refractivity contribution in [2.24, 2.45) is 5.92 Å². The summed E-state index contributed by atoms with van der Waals surface area (Å²) in [6.07, 6.45) is 2.60. The summed E-state index contributed by atoms with van der Waals surface area (Å²) in [6.45, 7) is 4.22. The zero-order chi connectivity index (χ0) is 13.7. The minimum Gasteiger partial charge on any atom is -0.399 e. The number of ether oxygens (including phenoxy) is 1. The molecule has 0 aromatic heterocycles. The first-order valence-electron chi connectivity index (χ1n) is 6.97. The number of amides is 1. The molecule has 0 radical (unpaired) electrons. The van der Waals surface area contributed by atoms with E-state index in [1.807, 2.05) is 29.2 Å². The Morgan fingerprint density at radius 3 is 2.53 bits per heavy atom. The van der Waals surface area contributed by atoms with Crippen molar-refractivity contribution in [1.29, 1.82) is 0 Å². The molecule has 1 saturated heterocycles. The van der Waals surface area contributed by atoms with Crippen LogP contribution in [0.3, 0.4) is 0 Å². The van der Waals surface area contributed by atoms with Crippen molar-refractivity contribution >= 4 is 17.3 Å². The normalized spacial score (nSPS) is 16.3. The first kappa shape index (κ1) is 13.9. The molecular weight excluding hydrogens is 240 g/mol. The van der Waals surface area contributed by atoms with Crippen LogP contribution in [0.1, 0.15) is 26.2 Å². The number of benzene rings is 1. The van der Waals surface area contributed by atoms with Crippen LogP contribution in [0.25, 0.3) is 0 Å². The summed E-state index contributed by atoms with van der Waals surface area (Å²) in [5, 5.41) is 0. The Balaban J connectivity index is 2.14. The molecule has 0 aliphatic carbocycles. The molecule has 1 amide bonds. The molecule has 1 aliphatic heterocycles. The zero-order valence-electron chi connectivity index (χ0n) is 11.5. The maximum atomic E-state index is 12.6. The molecule has 2 N–H and O–H groups in total. The summed E-state index contributed by atoms with van der Waals surface area (Å²) >= 11 is 0. The number of hydrogen-bond acceptors (Lipinski definition) is 3. The van der Waals surface area contributed by atoms with Crippen LogP contribution in [0.2, 0.25) is 0 Å². The Morgan fingerprint density at radius 2 is 1.95 bits per heavy atom. The molecule has 1 fully saturated rings. The Hall–Kier alpha value is -1.55. The first-order chi connectivity index (χ1) is 9.22. The minimum absolute atomic E-state index is 0.0952. The van der Waals surface area contributed by atoms with Crippen LogP contribution < -0.4 is 10.6 Å². The molecule has 1 aromatic rings. The zero-order valence-corrected chi connectivity index (χ0v) is 11.5. The summed E-state index contributed by atoms with van der Waals surface area (Å²) in [4.78, 5) is 14.5. The van der Waals surface area contributed by atoms with Crippen molar-refractivity contribution in [3.63, 3.8) is 0 Å². The van der Waals surface area contributed by atoms with E-state index in [2.05, 4.69) is 6.92 Å². The maximum absolute atomic E-state index is 12.6. The molecule has 4 heteroatoms. The summed E-state index contributed by atoms with van der Waals surface area (Å²) in [6, 6.07) is 7.52. The van der Waals surface area contributed by atoms with Gasteiger partial charge in [-0.05, 0) is 43.5 Å². The second-order valence-electron chi connectivity index (χ2n) is 4.97. The van der Waals surface area contributed by atoms with Gasteiger partial charge in [0, 0.05) is 37.1 Å². The van der Waals surface area contributed by atoms with Crippen LogP contribution in [0.5, 0.6) is 0 Å². The topological polar surface area (TPSA) is 55.6 Å². The smallest absolute Gasteiger partial charge is 0.230 e. The number of anilines is 2. The molecule has 1 aromatic carbocycles. The third-order valence-electron chi connectivity index (χ3n) is 3.49. The molecule has 1 aliphatic rings. The largest absolute Gasteiger partial charge is 0.399 e. The number of carbonyl (C=O) groups excluding carboxylic acids is 1. The molecule has 0 atom stereocenters. The fourth-order valence-corrected chi connectivity index (χ4v) is 2.41. The quantitative estimate of drug-likeness (QED) is 0.848. The first-order valence-corrected chi connectivity index (χ1v) is 6.97. The number of hydrogen-bond donors (Lipinski definition) is 1. The predicted octanol–water partition coefficient (Wildman–Crippen LogP) is 2.44. The Morgan fingerprint density at radius 1 is 1.32 bits per heavy atom. The summed E-state index contributed by atoms with van der Waals surface area (Å²) in [7, 11) is 0. The predicted molar refractivity (Wildman–Crippen MR) is 77.0 cm³/mol. The van der Waals surface area contributed by atoms with Crippen molar-refractivity contribution in [3.05, 3.63) is 24.3 Å². The average Bonchev–Trinajstić information content (AvgIpc) is 2.46. The van der Waals surface area contributed by atoms with E-state index in [4.69, 9.17) is 10.5 Å². The molecular formula is C15H22N2O2. The molecule has 0 saturated carbocycles. The highest BCUT2D eigenvalue weighted by Gasteiger charge is 2.26. The van der Waals surface area contributed by atoms with Crippen molar-refractivity contribution < 1.29 is 9.53 Å². The molecule has 19 heavy (non-hydrogen) atoms. The van der Waals surface area contributed by atoms with Gasteiger partial charge in [0.1, 0.15) is 0 Å². The van der Waals surface area contributed by atoms with Gasteiger partial charge in [-0.25, -0.2) is 0 Å². The van der Waals surface area contributed by atoms with Crippen LogP contribution in [0, 0.1) is 5.92 Å². The van der Waals surface area contributed by atoms with Crippen LogP contribution in [-0.2, 0) is 9.53 Å². The van der Waals surface area contributed by atoms with E-state index in [-0.39, 0.29) is 11.8 Å². The highest BCUT2D eigenvalue weighted by Crippen LogP contribution is 2.23. The van der Waals surface area contributed by atoms with Gasteiger partial charge in [-0.2, -0.15) is 0 Å². The third kappa shape index (κ3) is 3.47. The van der Waals surface area contributed by atoms with Gasteiger partial charge >= 0.3 is 0 Å². The van der Waals surface area contributed by atoms with Gasteiger partial charge in [-0.3, -0.25) is 4.79 Å². The Kier molecular flexibility index (Phi) is 4.80. The molecule has 0 bridgehead atoms. The highest BCUT2D eigenvalue weighted by atomic mass is 16.5. The molecule has 1 heterocycles. The van der Waals surface area contributed by atoms with E-state index < -0.39 is 0 Å². The maximum Gasteiger partial charge on any atom is 0.230 e. The van der Waals surface area contributed by atoms with Crippen LogP contribution >= 0.6 is 0 Å². The van der Waals surface area contributed by atoms with E-state index in [0.29, 0.717) is 13.2 Å². The van der Waals surface area contributed by atoms with E-state index >= 15 is 0 Å². The highest BCUT2D eigenvalue weighted by molar-refractivity contribution is 5.95. The lowest BCUT2D eigenvalue weighted by molar-refractivity contribution is -0.125. The minimum atomic E-state index is 0.0952. The molecule has 2 rings (SSSR count). The van der Waals surface area contributed by atoms with Gasteiger partial charge in [-0.1, -0.05) is 6.92 Å². The lowest BCUT2D eigenvalue weighted by Crippen LogP contribution is -2.39. The number of nitrogen functional groups attached to an aromatic ring is 1. The Bertz CT molecular complexity index is 411. The molecule has 104 valence electrons. The fourth-order valence-electron chi connectivity index (χ4n) is 2.41. The van der Waals surface area contributed by atoms with Crippen molar-refractivity contribution in [2.75, 3.05) is 30.4 Å². The second-order valence-corrected chi connectivity index (χ2v) is 4.97. The van der Waals surface area contributed by atoms with Crippen LogP contribution in [0.15, 0.2) is 24.3 Å². The SMILES string of the molecule is CCCN(C(=O)C1CCOCC1)c1ccc(N)cc1. The number of carbonyl (C=O) groups is 1. The van der Waals surface area contributed by atoms with Gasteiger partial charge in [0.15, 0.2) is 0 Å². The summed E-state index contributed by atoms with van der Waals surface area (Å²) < 4.78 is 5.32. The molecule has 0 unspecified atom stereocenters. The van der Waals surface area contributed by atoms with Gasteiger partial charge in [-0.15, -0.1) is 0 Å². The second kappa shape index (κ2) is 6.57. The fraction of sp³-hybridized carbons (Fsp3) is 0.533. The monoisotopic (exact) mass is 262 g/mol. The number of nitrogens with two attached hydrogens (primary N) is 1. The van der Waals surface area contributed by atoms with Crippen LogP contribution in [-0.4, -0.2) is 25.7 Å². The van der Waals surface area contributed by atoms with Crippen LogP contribution in [0.4, 0.5) is 11.4 Å². The van der Waals surface area contributed by atoms with E-state index in [1.54, 1.807) is 0 Å². The van der Waals surface area contributed by atoms with Crippen molar-refractivity contribution in [1.82, 2.24) is 0 Å². The molecule has 4 nitrogen and oxygen atoms in total. The van der Waals surface area contributed by atoms with Crippen molar-refractivity contribution in [3.8, 4) is 0 Å². The van der Waals surface area contributed by atoms with Gasteiger partial charge < -0.3 is 15.4 Å². The lowest BCUT2D eigenvalue weighted by Gasteiger charge is -2.29. The lowest BCUT2D eigenvalue weighted by atomic mass is 9.98. The van der Waals surface area contributed by atoms with Gasteiger partial charge in [0.05, 0.1) is 0 Å². The van der Waals surface area contributed by atoms with Gasteiger partial charge in [0.2, 0.25) is 5.91 Å². The third-order valence-corrected chi connectivity index (χ3v) is 3.49.